The van der Waals surface area contributed by atoms with Crippen LogP contribution in [0.3, 0.4) is 0 Å². The highest BCUT2D eigenvalue weighted by Crippen LogP contribution is 2.22. The maximum Gasteiger partial charge on any atom is 0.321 e. The molecule has 0 aromatic rings. The summed E-state index contributed by atoms with van der Waals surface area (Å²) in [5.74, 6) is -0.0175. The number of rotatable bonds is 3. The van der Waals surface area contributed by atoms with Crippen molar-refractivity contribution in [1.82, 2.24) is 5.32 Å². The number of thioether (sulfide) groups is 1. The third kappa shape index (κ3) is 2.38. The molecule has 1 aliphatic heterocycles. The fourth-order valence-corrected chi connectivity index (χ4v) is 2.43. The van der Waals surface area contributed by atoms with Gasteiger partial charge in [-0.15, -0.1) is 11.8 Å². The van der Waals surface area contributed by atoms with E-state index in [1.165, 1.54) is 0 Å². The van der Waals surface area contributed by atoms with E-state index in [1.54, 1.807) is 11.8 Å². The summed E-state index contributed by atoms with van der Waals surface area (Å²) in [5.41, 5.74) is 0. The van der Waals surface area contributed by atoms with Gasteiger partial charge in [-0.2, -0.15) is 0 Å². The molecular formula is C7H13NO2S. The highest BCUT2D eigenvalue weighted by Gasteiger charge is 2.28. The van der Waals surface area contributed by atoms with Crippen molar-refractivity contribution in [3.63, 3.8) is 0 Å². The quantitative estimate of drug-likeness (QED) is 0.669. The van der Waals surface area contributed by atoms with E-state index in [-0.39, 0.29) is 6.04 Å². The SMILES string of the molecule is CCCC1NC(C(=O)O)CS1. The van der Waals surface area contributed by atoms with Gasteiger partial charge < -0.3 is 5.11 Å². The molecule has 11 heavy (non-hydrogen) atoms. The molecule has 2 unspecified atom stereocenters. The standard InChI is InChI=1S/C7H13NO2S/c1-2-3-6-8-5(4-11-6)7(9)10/h5-6,8H,2-4H2,1H3,(H,9,10). The van der Waals surface area contributed by atoms with E-state index in [0.29, 0.717) is 11.1 Å². The van der Waals surface area contributed by atoms with Crippen LogP contribution in [-0.4, -0.2) is 28.2 Å². The van der Waals surface area contributed by atoms with E-state index in [1.807, 2.05) is 0 Å². The van der Waals surface area contributed by atoms with Crippen LogP contribution < -0.4 is 5.32 Å². The molecule has 0 bridgehead atoms. The van der Waals surface area contributed by atoms with Crippen LogP contribution in [0.2, 0.25) is 0 Å². The Balaban J connectivity index is 2.29. The molecule has 1 fully saturated rings. The molecule has 0 aliphatic carbocycles. The second kappa shape index (κ2) is 3.97. The van der Waals surface area contributed by atoms with Crippen molar-refractivity contribution in [3.05, 3.63) is 0 Å². The Bertz CT molecular complexity index is 151. The number of carboxylic acid groups (broad SMARTS) is 1. The zero-order chi connectivity index (χ0) is 8.27. The van der Waals surface area contributed by atoms with Gasteiger partial charge in [0.25, 0.3) is 0 Å². The van der Waals surface area contributed by atoms with Gasteiger partial charge in [0, 0.05) is 5.75 Å². The predicted octanol–water partition coefficient (Wildman–Crippen LogP) is 0.902. The summed E-state index contributed by atoms with van der Waals surface area (Å²) in [6.45, 7) is 2.11. The minimum Gasteiger partial charge on any atom is -0.480 e. The largest absolute Gasteiger partial charge is 0.480 e. The van der Waals surface area contributed by atoms with Crippen molar-refractivity contribution in [2.24, 2.45) is 0 Å². The van der Waals surface area contributed by atoms with Gasteiger partial charge in [0.05, 0.1) is 5.37 Å². The Labute approximate surface area is 70.6 Å². The minimum absolute atomic E-state index is 0.323. The van der Waals surface area contributed by atoms with E-state index in [2.05, 4.69) is 12.2 Å². The van der Waals surface area contributed by atoms with Crippen LogP contribution in [0.1, 0.15) is 19.8 Å². The predicted molar refractivity (Wildman–Crippen MR) is 45.7 cm³/mol. The summed E-state index contributed by atoms with van der Waals surface area (Å²) < 4.78 is 0. The zero-order valence-corrected chi connectivity index (χ0v) is 7.36. The van der Waals surface area contributed by atoms with Crippen LogP contribution in [0.25, 0.3) is 0 Å². The van der Waals surface area contributed by atoms with Gasteiger partial charge in [-0.3, -0.25) is 10.1 Å². The normalized spacial score (nSPS) is 30.6. The zero-order valence-electron chi connectivity index (χ0n) is 6.54. The lowest BCUT2D eigenvalue weighted by molar-refractivity contribution is -0.138. The molecule has 1 heterocycles. The Hall–Kier alpha value is -0.220. The Morgan fingerprint density at radius 3 is 3.00 bits per heavy atom. The number of aliphatic carboxylic acids is 1. The van der Waals surface area contributed by atoms with Gasteiger partial charge in [-0.05, 0) is 6.42 Å². The molecule has 0 spiro atoms. The molecular weight excluding hydrogens is 162 g/mol. The number of carbonyl (C=O) groups is 1. The fraction of sp³-hybridized carbons (Fsp3) is 0.857. The van der Waals surface area contributed by atoms with Crippen molar-refractivity contribution in [2.75, 3.05) is 5.75 Å². The third-order valence-corrected chi connectivity index (χ3v) is 3.00. The molecule has 0 aromatic heterocycles. The molecule has 1 rings (SSSR count). The van der Waals surface area contributed by atoms with Crippen LogP contribution in [-0.2, 0) is 4.79 Å². The van der Waals surface area contributed by atoms with E-state index >= 15 is 0 Å². The van der Waals surface area contributed by atoms with E-state index in [9.17, 15) is 4.79 Å². The van der Waals surface area contributed by atoms with Crippen LogP contribution in [0.4, 0.5) is 0 Å². The average molecular weight is 175 g/mol. The molecule has 1 saturated heterocycles. The second-order valence-electron chi connectivity index (χ2n) is 2.67. The van der Waals surface area contributed by atoms with Crippen molar-refractivity contribution in [2.45, 2.75) is 31.2 Å². The lowest BCUT2D eigenvalue weighted by atomic mass is 10.3. The highest BCUT2D eigenvalue weighted by molar-refractivity contribution is 8.00. The fourth-order valence-electron chi connectivity index (χ4n) is 1.10. The van der Waals surface area contributed by atoms with Crippen molar-refractivity contribution in [1.29, 1.82) is 0 Å². The minimum atomic E-state index is -0.726. The summed E-state index contributed by atoms with van der Waals surface area (Å²) in [6, 6.07) is -0.323. The first-order valence-corrected chi connectivity index (χ1v) is 4.89. The summed E-state index contributed by atoms with van der Waals surface area (Å²) in [5, 5.41) is 12.0. The van der Waals surface area contributed by atoms with Gasteiger partial charge in [0.2, 0.25) is 0 Å². The molecule has 0 saturated carbocycles. The van der Waals surface area contributed by atoms with Crippen LogP contribution in [0.15, 0.2) is 0 Å². The molecule has 2 atom stereocenters. The van der Waals surface area contributed by atoms with Gasteiger partial charge in [-0.25, -0.2) is 0 Å². The molecule has 0 amide bonds. The Morgan fingerprint density at radius 1 is 1.82 bits per heavy atom. The molecule has 3 nitrogen and oxygen atoms in total. The first kappa shape index (κ1) is 8.87. The maximum atomic E-state index is 10.5. The van der Waals surface area contributed by atoms with E-state index in [0.717, 1.165) is 12.8 Å². The first-order chi connectivity index (χ1) is 5.24. The van der Waals surface area contributed by atoms with E-state index < -0.39 is 5.97 Å². The summed E-state index contributed by atoms with van der Waals surface area (Å²) in [6.07, 6.45) is 2.17. The number of nitrogens with one attached hydrogen (secondary N) is 1. The van der Waals surface area contributed by atoms with Gasteiger partial charge in [0.15, 0.2) is 0 Å². The topological polar surface area (TPSA) is 49.3 Å². The summed E-state index contributed by atoms with van der Waals surface area (Å²) in [7, 11) is 0. The van der Waals surface area contributed by atoms with Crippen LogP contribution in [0, 0.1) is 0 Å². The highest BCUT2D eigenvalue weighted by atomic mass is 32.2. The molecule has 1 aliphatic rings. The van der Waals surface area contributed by atoms with Crippen LogP contribution >= 0.6 is 11.8 Å². The maximum absolute atomic E-state index is 10.5. The summed E-state index contributed by atoms with van der Waals surface area (Å²) in [4.78, 5) is 10.5. The number of hydrogen-bond acceptors (Lipinski definition) is 3. The lowest BCUT2D eigenvalue weighted by Crippen LogP contribution is -2.36. The Kier molecular flexibility index (Phi) is 3.20. The Morgan fingerprint density at radius 2 is 2.55 bits per heavy atom. The summed E-state index contributed by atoms with van der Waals surface area (Å²) >= 11 is 1.71. The average Bonchev–Trinajstić information content (AvgIpc) is 2.37. The van der Waals surface area contributed by atoms with Crippen molar-refractivity contribution < 1.29 is 9.90 Å². The van der Waals surface area contributed by atoms with Crippen molar-refractivity contribution in [3.8, 4) is 0 Å². The van der Waals surface area contributed by atoms with Crippen LogP contribution in [0.5, 0.6) is 0 Å². The second-order valence-corrected chi connectivity index (χ2v) is 3.90. The first-order valence-electron chi connectivity index (χ1n) is 3.84. The molecule has 0 aromatic carbocycles. The number of hydrogen-bond donors (Lipinski definition) is 2. The van der Waals surface area contributed by atoms with Gasteiger partial charge in [0.1, 0.15) is 6.04 Å². The molecule has 0 radical (unpaired) electrons. The van der Waals surface area contributed by atoms with Crippen molar-refractivity contribution >= 4 is 17.7 Å². The molecule has 64 valence electrons. The lowest BCUT2D eigenvalue weighted by Gasteiger charge is -2.07. The smallest absolute Gasteiger partial charge is 0.321 e. The molecule has 4 heteroatoms. The number of carboxylic acids is 1. The van der Waals surface area contributed by atoms with Gasteiger partial charge in [-0.1, -0.05) is 13.3 Å². The molecule has 2 N–H and O–H groups in total. The third-order valence-electron chi connectivity index (χ3n) is 1.70. The van der Waals surface area contributed by atoms with Gasteiger partial charge >= 0.3 is 5.97 Å². The van der Waals surface area contributed by atoms with E-state index in [4.69, 9.17) is 5.11 Å². The monoisotopic (exact) mass is 175 g/mol.